The number of fused-ring (bicyclic) bond motifs is 5. The van der Waals surface area contributed by atoms with Crippen LogP contribution in [0.3, 0.4) is 0 Å². The molecule has 0 unspecified atom stereocenters. The number of H-pyrrole nitrogens is 1. The number of imide groups is 1. The Kier molecular flexibility index (Phi) is 5.24. The number of nitrogens with one attached hydrogen (secondary N) is 3. The number of amides is 3. The maximum absolute atomic E-state index is 14.3. The van der Waals surface area contributed by atoms with Crippen molar-refractivity contribution in [2.75, 3.05) is 17.3 Å². The molecule has 0 bridgehead atoms. The Morgan fingerprint density at radius 2 is 1.77 bits per heavy atom. The number of rotatable bonds is 4. The third-order valence-corrected chi connectivity index (χ3v) is 8.54. The van der Waals surface area contributed by atoms with Gasteiger partial charge < -0.3 is 15.0 Å². The van der Waals surface area contributed by atoms with Crippen LogP contribution in [0.25, 0.3) is 10.9 Å². The molecule has 4 heterocycles. The van der Waals surface area contributed by atoms with E-state index in [9.17, 15) is 19.2 Å². The summed E-state index contributed by atoms with van der Waals surface area (Å²) in [6.07, 6.45) is 2.32. The lowest BCUT2D eigenvalue weighted by molar-refractivity contribution is -0.130. The highest BCUT2D eigenvalue weighted by Gasteiger charge is 2.70. The molecule has 3 aliphatic heterocycles. The van der Waals surface area contributed by atoms with Crippen molar-refractivity contribution in [3.8, 4) is 0 Å². The monoisotopic (exact) mass is 534 g/mol. The number of esters is 1. The lowest BCUT2D eigenvalue weighted by Crippen LogP contribution is -2.53. The molecule has 3 aliphatic rings. The summed E-state index contributed by atoms with van der Waals surface area (Å²) in [5.41, 5.74) is 2.95. The lowest BCUT2D eigenvalue weighted by atomic mass is 9.76. The molecule has 9 nitrogen and oxygen atoms in total. The number of nitrogens with zero attached hydrogens (tertiary/aromatic N) is 1. The Labute approximate surface area is 229 Å². The van der Waals surface area contributed by atoms with Crippen LogP contribution in [0.1, 0.15) is 27.0 Å². The Bertz CT molecular complexity index is 1760. The molecule has 0 radical (unpaired) electrons. The summed E-state index contributed by atoms with van der Waals surface area (Å²) in [5.74, 6) is -3.85. The molecule has 9 heteroatoms. The summed E-state index contributed by atoms with van der Waals surface area (Å²) >= 11 is 0. The van der Waals surface area contributed by atoms with Gasteiger partial charge in [-0.1, -0.05) is 48.0 Å². The number of carbonyl (C=O) groups is 4. The van der Waals surface area contributed by atoms with Gasteiger partial charge in [0.15, 0.2) is 0 Å². The van der Waals surface area contributed by atoms with Crippen molar-refractivity contribution in [2.45, 2.75) is 24.9 Å². The Morgan fingerprint density at radius 1 is 1.00 bits per heavy atom. The molecule has 0 aliphatic carbocycles. The number of para-hydroxylation sites is 2. The van der Waals surface area contributed by atoms with Gasteiger partial charge in [0, 0.05) is 34.4 Å². The van der Waals surface area contributed by atoms with Gasteiger partial charge in [-0.25, -0.2) is 9.69 Å². The maximum Gasteiger partial charge on any atom is 0.339 e. The first-order chi connectivity index (χ1) is 19.3. The van der Waals surface area contributed by atoms with Crippen molar-refractivity contribution in [1.82, 2.24) is 10.3 Å². The normalized spacial score (nSPS) is 25.0. The number of methoxy groups -OCH3 is 1. The van der Waals surface area contributed by atoms with Crippen molar-refractivity contribution in [3.63, 3.8) is 0 Å². The van der Waals surface area contributed by atoms with E-state index in [0.717, 1.165) is 26.9 Å². The number of aromatic amines is 1. The van der Waals surface area contributed by atoms with Crippen LogP contribution >= 0.6 is 0 Å². The first-order valence-electron chi connectivity index (χ1n) is 13.2. The molecule has 2 fully saturated rings. The molecular weight excluding hydrogens is 508 g/mol. The molecular formula is C31H26N4O5. The second-order valence-corrected chi connectivity index (χ2v) is 10.6. The van der Waals surface area contributed by atoms with Gasteiger partial charge >= 0.3 is 5.97 Å². The summed E-state index contributed by atoms with van der Waals surface area (Å²) in [4.78, 5) is 59.4. The number of carbonyl (C=O) groups excluding carboxylic acids is 4. The minimum Gasteiger partial charge on any atom is -0.465 e. The topological polar surface area (TPSA) is 121 Å². The molecule has 4 aromatic rings. The van der Waals surface area contributed by atoms with Crippen molar-refractivity contribution in [2.24, 2.45) is 11.8 Å². The van der Waals surface area contributed by atoms with E-state index in [4.69, 9.17) is 4.74 Å². The molecule has 1 aromatic heterocycles. The first-order valence-corrected chi connectivity index (χ1v) is 13.2. The minimum absolute atomic E-state index is 0.106. The van der Waals surface area contributed by atoms with Gasteiger partial charge in [0.1, 0.15) is 5.54 Å². The fourth-order valence-electron chi connectivity index (χ4n) is 6.82. The van der Waals surface area contributed by atoms with Crippen LogP contribution in [0.15, 0.2) is 72.9 Å². The van der Waals surface area contributed by atoms with Crippen molar-refractivity contribution >= 4 is 46.0 Å². The number of aryl methyl sites for hydroxylation is 1. The van der Waals surface area contributed by atoms with Gasteiger partial charge in [-0.15, -0.1) is 0 Å². The predicted octanol–water partition coefficient (Wildman–Crippen LogP) is 3.43. The fraction of sp³-hybridized carbons (Fsp3) is 0.226. The molecule has 4 atom stereocenters. The fourth-order valence-corrected chi connectivity index (χ4v) is 6.82. The SMILES string of the molecule is COC(=O)c1ccccc1N1C(=O)[C@H]2[C@@H](C1=O)[C@@]1(N[C@@H]2Cc2c[nH]c3ccccc23)C(=O)Nc2ccc(C)cc21. The third-order valence-electron chi connectivity index (χ3n) is 8.54. The van der Waals surface area contributed by atoms with Crippen LogP contribution in [0, 0.1) is 18.8 Å². The number of anilines is 2. The van der Waals surface area contributed by atoms with E-state index in [1.165, 1.54) is 13.2 Å². The number of hydrogen-bond acceptors (Lipinski definition) is 6. The number of aromatic nitrogens is 1. The zero-order valence-corrected chi connectivity index (χ0v) is 21.9. The van der Waals surface area contributed by atoms with Crippen LogP contribution in [-0.4, -0.2) is 41.8 Å². The molecule has 2 saturated heterocycles. The minimum atomic E-state index is -1.44. The summed E-state index contributed by atoms with van der Waals surface area (Å²) in [5, 5.41) is 7.46. The summed E-state index contributed by atoms with van der Waals surface area (Å²) in [6.45, 7) is 1.92. The maximum atomic E-state index is 14.3. The second-order valence-electron chi connectivity index (χ2n) is 10.6. The van der Waals surface area contributed by atoms with E-state index >= 15 is 0 Å². The van der Waals surface area contributed by atoms with E-state index < -0.39 is 41.2 Å². The van der Waals surface area contributed by atoms with E-state index in [1.807, 2.05) is 55.6 Å². The zero-order chi connectivity index (χ0) is 27.8. The van der Waals surface area contributed by atoms with Gasteiger partial charge in [-0.2, -0.15) is 0 Å². The lowest BCUT2D eigenvalue weighted by Gasteiger charge is -2.30. The molecule has 3 aromatic carbocycles. The largest absolute Gasteiger partial charge is 0.465 e. The highest BCUT2D eigenvalue weighted by molar-refractivity contribution is 6.27. The Hall–Kier alpha value is -4.76. The molecule has 7 rings (SSSR count). The zero-order valence-electron chi connectivity index (χ0n) is 21.9. The first kappa shape index (κ1) is 24.3. The molecule has 200 valence electrons. The van der Waals surface area contributed by atoms with Crippen LogP contribution < -0.4 is 15.5 Å². The molecule has 1 spiro atoms. The molecule has 3 amide bonds. The number of ether oxygens (including phenoxy) is 1. The standard InChI is InChI=1S/C31H26N4O5/c1-16-11-12-22-20(13-16)31(30(39)33-22)26-25(23(34-31)14-17-15-32-21-9-5-3-7-18(17)21)27(36)35(28(26)37)24-10-6-4-8-19(24)29(38)40-2/h3-13,15,23,25-26,32,34H,14H2,1-2H3,(H,33,39)/t23-,25-,26+,31-/m1/s1. The summed E-state index contributed by atoms with van der Waals surface area (Å²) < 4.78 is 4.93. The second kappa shape index (κ2) is 8.62. The van der Waals surface area contributed by atoms with Crippen LogP contribution in [0.4, 0.5) is 11.4 Å². The van der Waals surface area contributed by atoms with Gasteiger partial charge in [-0.3, -0.25) is 19.7 Å². The van der Waals surface area contributed by atoms with E-state index in [0.29, 0.717) is 17.7 Å². The van der Waals surface area contributed by atoms with E-state index in [-0.39, 0.29) is 17.2 Å². The van der Waals surface area contributed by atoms with E-state index in [2.05, 4.69) is 15.6 Å². The number of hydrogen-bond donors (Lipinski definition) is 3. The van der Waals surface area contributed by atoms with Crippen molar-refractivity contribution < 1.29 is 23.9 Å². The average molecular weight is 535 g/mol. The smallest absolute Gasteiger partial charge is 0.339 e. The number of benzene rings is 3. The van der Waals surface area contributed by atoms with Crippen LogP contribution in [-0.2, 0) is 31.1 Å². The highest BCUT2D eigenvalue weighted by atomic mass is 16.5. The van der Waals surface area contributed by atoms with Gasteiger partial charge in [0.25, 0.3) is 0 Å². The van der Waals surface area contributed by atoms with Crippen molar-refractivity contribution in [1.29, 1.82) is 0 Å². The van der Waals surface area contributed by atoms with E-state index in [1.54, 1.807) is 18.2 Å². The summed E-state index contributed by atoms with van der Waals surface area (Å²) in [6, 6.07) is 19.4. The highest BCUT2D eigenvalue weighted by Crippen LogP contribution is 2.54. The summed E-state index contributed by atoms with van der Waals surface area (Å²) in [7, 11) is 1.25. The predicted molar refractivity (Wildman–Crippen MR) is 148 cm³/mol. The molecule has 3 N–H and O–H groups in total. The van der Waals surface area contributed by atoms with Gasteiger partial charge in [-0.05, 0) is 43.2 Å². The van der Waals surface area contributed by atoms with Crippen molar-refractivity contribution in [3.05, 3.63) is 95.2 Å². The average Bonchev–Trinajstić information content (AvgIpc) is 3.67. The third kappa shape index (κ3) is 3.18. The van der Waals surface area contributed by atoms with Crippen LogP contribution in [0.5, 0.6) is 0 Å². The molecule has 40 heavy (non-hydrogen) atoms. The van der Waals surface area contributed by atoms with Gasteiger partial charge in [0.05, 0.1) is 30.2 Å². The Balaban J connectivity index is 1.40. The Morgan fingerprint density at radius 3 is 2.60 bits per heavy atom. The van der Waals surface area contributed by atoms with Crippen LogP contribution in [0.2, 0.25) is 0 Å². The molecule has 0 saturated carbocycles. The van der Waals surface area contributed by atoms with Gasteiger partial charge in [0.2, 0.25) is 17.7 Å². The quantitative estimate of drug-likeness (QED) is 0.273.